The molecule has 0 saturated carbocycles. The standard InChI is InChI=1S/C56H38N2/c1-55(2)44-21-7-8-22-45(44)56(46-23-9-12-28-52(46)58-50-27-11-5-17-40(50)42-20-14-25-48(56)54(42)58)47-24-13-19-39(53(47)55)37-30-32-51-43(34-37)41-18-6-10-26-49(41)57(51)38-31-29-35-15-3-4-16-36(35)33-38/h3-34H,1-2H3. The van der Waals surface area contributed by atoms with Crippen LogP contribution in [-0.2, 0) is 10.8 Å². The molecule has 3 heterocycles. The normalized spacial score (nSPS) is 16.3. The van der Waals surface area contributed by atoms with Gasteiger partial charge in [0.05, 0.1) is 33.2 Å². The fourth-order valence-corrected chi connectivity index (χ4v) is 11.4. The van der Waals surface area contributed by atoms with Crippen LogP contribution in [0.15, 0.2) is 194 Å². The minimum absolute atomic E-state index is 0.283. The molecule has 2 aromatic heterocycles. The maximum absolute atomic E-state index is 2.53. The number of aromatic nitrogens is 2. The maximum atomic E-state index is 2.53. The Hall–Kier alpha value is -7.16. The van der Waals surface area contributed by atoms with Crippen molar-refractivity contribution in [1.82, 2.24) is 9.13 Å². The summed E-state index contributed by atoms with van der Waals surface area (Å²) in [6.45, 7) is 4.88. The average Bonchev–Trinajstić information content (AvgIpc) is 3.80. The monoisotopic (exact) mass is 738 g/mol. The molecule has 0 saturated heterocycles. The molecule has 11 aromatic rings. The first-order valence-electron chi connectivity index (χ1n) is 20.4. The van der Waals surface area contributed by atoms with Gasteiger partial charge in [0.25, 0.3) is 0 Å². The molecule has 1 atom stereocenters. The van der Waals surface area contributed by atoms with Crippen LogP contribution < -0.4 is 0 Å². The molecule has 1 unspecified atom stereocenters. The molecule has 58 heavy (non-hydrogen) atoms. The van der Waals surface area contributed by atoms with Crippen molar-refractivity contribution in [1.29, 1.82) is 0 Å². The van der Waals surface area contributed by atoms with Gasteiger partial charge in [-0.2, -0.15) is 0 Å². The number of benzene rings is 9. The second-order valence-corrected chi connectivity index (χ2v) is 16.8. The highest BCUT2D eigenvalue weighted by molar-refractivity contribution is 6.13. The van der Waals surface area contributed by atoms with E-state index in [0.29, 0.717) is 0 Å². The molecule has 9 aromatic carbocycles. The van der Waals surface area contributed by atoms with Crippen molar-refractivity contribution in [2.75, 3.05) is 0 Å². The Balaban J connectivity index is 1.13. The van der Waals surface area contributed by atoms with Crippen molar-refractivity contribution in [2.24, 2.45) is 0 Å². The molecule has 2 heteroatoms. The number of hydrogen-bond acceptors (Lipinski definition) is 0. The third kappa shape index (κ3) is 3.88. The average molecular weight is 739 g/mol. The summed E-state index contributed by atoms with van der Waals surface area (Å²) in [5, 5.41) is 7.62. The summed E-state index contributed by atoms with van der Waals surface area (Å²) in [6, 6.07) is 73.1. The van der Waals surface area contributed by atoms with Crippen molar-refractivity contribution in [3.8, 4) is 22.5 Å². The predicted molar refractivity (Wildman–Crippen MR) is 242 cm³/mol. The number of rotatable bonds is 2. The van der Waals surface area contributed by atoms with Crippen LogP contribution >= 0.6 is 0 Å². The Morgan fingerprint density at radius 1 is 0.379 bits per heavy atom. The van der Waals surface area contributed by atoms with Gasteiger partial charge in [-0.15, -0.1) is 0 Å². The van der Waals surface area contributed by atoms with Gasteiger partial charge in [-0.25, -0.2) is 0 Å². The zero-order chi connectivity index (χ0) is 38.3. The van der Waals surface area contributed by atoms with Crippen molar-refractivity contribution in [3.05, 3.63) is 228 Å². The highest BCUT2D eigenvalue weighted by atomic mass is 15.0. The van der Waals surface area contributed by atoms with E-state index in [1.54, 1.807) is 0 Å². The molecule has 1 spiro atoms. The van der Waals surface area contributed by atoms with Crippen molar-refractivity contribution >= 4 is 54.4 Å². The molecule has 2 nitrogen and oxygen atoms in total. The summed E-state index contributed by atoms with van der Waals surface area (Å²) in [5.74, 6) is 0. The molecule has 0 bridgehead atoms. The molecule has 0 amide bonds. The smallest absolute Gasteiger partial charge is 0.0748 e. The largest absolute Gasteiger partial charge is 0.309 e. The van der Waals surface area contributed by atoms with Gasteiger partial charge >= 0.3 is 0 Å². The molecule has 272 valence electrons. The predicted octanol–water partition coefficient (Wildman–Crippen LogP) is 14.0. The minimum Gasteiger partial charge on any atom is -0.309 e. The van der Waals surface area contributed by atoms with Crippen molar-refractivity contribution < 1.29 is 0 Å². The third-order valence-corrected chi connectivity index (χ3v) is 13.7. The lowest BCUT2D eigenvalue weighted by Gasteiger charge is -2.50. The van der Waals surface area contributed by atoms with Crippen LogP contribution in [0.5, 0.6) is 0 Å². The fourth-order valence-electron chi connectivity index (χ4n) is 11.4. The zero-order valence-corrected chi connectivity index (χ0v) is 32.4. The first-order valence-corrected chi connectivity index (χ1v) is 20.4. The van der Waals surface area contributed by atoms with E-state index in [2.05, 4.69) is 217 Å². The lowest BCUT2D eigenvalue weighted by atomic mass is 9.52. The molecule has 2 aliphatic rings. The van der Waals surface area contributed by atoms with E-state index < -0.39 is 5.41 Å². The van der Waals surface area contributed by atoms with Gasteiger partial charge < -0.3 is 9.13 Å². The number of fused-ring (bicyclic) bond motifs is 15. The van der Waals surface area contributed by atoms with Gasteiger partial charge in [0.1, 0.15) is 0 Å². The van der Waals surface area contributed by atoms with Crippen LogP contribution in [0.1, 0.15) is 47.2 Å². The second-order valence-electron chi connectivity index (χ2n) is 16.8. The Kier molecular flexibility index (Phi) is 6.20. The van der Waals surface area contributed by atoms with E-state index in [1.807, 2.05) is 0 Å². The van der Waals surface area contributed by atoms with Crippen LogP contribution in [0.25, 0.3) is 76.9 Å². The van der Waals surface area contributed by atoms with Crippen LogP contribution in [0.4, 0.5) is 0 Å². The van der Waals surface area contributed by atoms with Crippen LogP contribution in [0.2, 0.25) is 0 Å². The SMILES string of the molecule is CC1(C)c2ccccc2C2(c3ccccc3-n3c4ccccc4c4cccc2c43)c2cccc(-c3ccc4c(c3)c3ccccc3n4-c3ccc4ccccc4c3)c21. The molecular formula is C56H38N2. The first kappa shape index (κ1) is 32.0. The summed E-state index contributed by atoms with van der Waals surface area (Å²) >= 11 is 0. The fraction of sp³-hybridized carbons (Fsp3) is 0.0714. The molecule has 13 rings (SSSR count). The summed E-state index contributed by atoms with van der Waals surface area (Å²) < 4.78 is 4.97. The highest BCUT2D eigenvalue weighted by Crippen LogP contribution is 2.61. The van der Waals surface area contributed by atoms with Gasteiger partial charge in [-0.1, -0.05) is 166 Å². The van der Waals surface area contributed by atoms with E-state index in [1.165, 1.54) is 110 Å². The number of nitrogens with zero attached hydrogens (tertiary/aromatic N) is 2. The first-order chi connectivity index (χ1) is 28.5. The molecule has 0 N–H and O–H groups in total. The van der Waals surface area contributed by atoms with Crippen LogP contribution in [-0.4, -0.2) is 9.13 Å². The molecule has 0 radical (unpaired) electrons. The summed E-state index contributed by atoms with van der Waals surface area (Å²) in [5.41, 5.74) is 17.3. The Labute approximate surface area is 336 Å². The van der Waals surface area contributed by atoms with Gasteiger partial charge in [0, 0.05) is 32.6 Å². The Bertz CT molecular complexity index is 3560. The van der Waals surface area contributed by atoms with E-state index in [9.17, 15) is 0 Å². The summed E-state index contributed by atoms with van der Waals surface area (Å²) in [4.78, 5) is 0. The lowest BCUT2D eigenvalue weighted by Crippen LogP contribution is -2.44. The van der Waals surface area contributed by atoms with E-state index in [-0.39, 0.29) is 5.41 Å². The van der Waals surface area contributed by atoms with Crippen molar-refractivity contribution in [3.63, 3.8) is 0 Å². The van der Waals surface area contributed by atoms with Crippen molar-refractivity contribution in [2.45, 2.75) is 24.7 Å². The molecule has 1 aliphatic heterocycles. The quantitative estimate of drug-likeness (QED) is 0.167. The zero-order valence-electron chi connectivity index (χ0n) is 32.4. The minimum atomic E-state index is -0.534. The number of para-hydroxylation sites is 4. The van der Waals surface area contributed by atoms with Gasteiger partial charge in [-0.05, 0) is 97.7 Å². The van der Waals surface area contributed by atoms with Gasteiger partial charge in [0.2, 0.25) is 0 Å². The highest BCUT2D eigenvalue weighted by Gasteiger charge is 2.53. The molecule has 1 aliphatic carbocycles. The Morgan fingerprint density at radius 2 is 0.983 bits per heavy atom. The topological polar surface area (TPSA) is 9.86 Å². The van der Waals surface area contributed by atoms with E-state index in [4.69, 9.17) is 0 Å². The maximum Gasteiger partial charge on any atom is 0.0748 e. The van der Waals surface area contributed by atoms with Crippen LogP contribution in [0.3, 0.4) is 0 Å². The van der Waals surface area contributed by atoms with Gasteiger partial charge in [0.15, 0.2) is 0 Å². The lowest BCUT2D eigenvalue weighted by molar-refractivity contribution is 0.558. The van der Waals surface area contributed by atoms with E-state index in [0.717, 1.165) is 0 Å². The summed E-state index contributed by atoms with van der Waals surface area (Å²) in [7, 11) is 0. The van der Waals surface area contributed by atoms with E-state index >= 15 is 0 Å². The molecular weight excluding hydrogens is 701 g/mol. The summed E-state index contributed by atoms with van der Waals surface area (Å²) in [6.07, 6.45) is 0. The van der Waals surface area contributed by atoms with Crippen LogP contribution in [0, 0.1) is 0 Å². The third-order valence-electron chi connectivity index (χ3n) is 13.7. The second kappa shape index (κ2) is 11.2. The van der Waals surface area contributed by atoms with Gasteiger partial charge in [-0.3, -0.25) is 0 Å². The molecule has 0 fully saturated rings. The Morgan fingerprint density at radius 3 is 1.83 bits per heavy atom. The number of hydrogen-bond donors (Lipinski definition) is 0.